The lowest BCUT2D eigenvalue weighted by molar-refractivity contribution is 0.0955. The van der Waals surface area contributed by atoms with Crippen LogP contribution in [0.5, 0.6) is 5.75 Å². The maximum Gasteiger partial charge on any atom is 0.251 e. The summed E-state index contributed by atoms with van der Waals surface area (Å²) in [6, 6.07) is 14.6. The zero-order valence-corrected chi connectivity index (χ0v) is 14.9. The zero-order valence-electron chi connectivity index (χ0n) is 14.9. The van der Waals surface area contributed by atoms with Gasteiger partial charge in [0.1, 0.15) is 5.75 Å². The molecule has 0 bridgehead atoms. The number of hydrogen-bond acceptors (Lipinski definition) is 6. The van der Waals surface area contributed by atoms with E-state index in [1.807, 2.05) is 36.4 Å². The number of hydrogen-bond donors (Lipinski definition) is 4. The van der Waals surface area contributed by atoms with Gasteiger partial charge in [-0.2, -0.15) is 0 Å². The summed E-state index contributed by atoms with van der Waals surface area (Å²) < 4.78 is 5.56. The molecule has 142 valence electrons. The molecule has 0 atom stereocenters. The van der Waals surface area contributed by atoms with Crippen LogP contribution >= 0.6 is 0 Å². The quantitative estimate of drug-likeness (QED) is 0.159. The van der Waals surface area contributed by atoms with Crippen molar-refractivity contribution in [2.45, 2.75) is 6.42 Å². The van der Waals surface area contributed by atoms with Crippen LogP contribution < -0.4 is 26.6 Å². The van der Waals surface area contributed by atoms with Gasteiger partial charge in [-0.05, 0) is 60.5 Å². The third kappa shape index (κ3) is 7.15. The second-order valence-electron chi connectivity index (χ2n) is 5.55. The second-order valence-corrected chi connectivity index (χ2v) is 5.55. The Bertz CT molecular complexity index is 756. The lowest BCUT2D eigenvalue weighted by Gasteiger charge is -2.11. The maximum atomic E-state index is 11.8. The van der Waals surface area contributed by atoms with Gasteiger partial charge in [-0.25, -0.2) is 0 Å². The zero-order chi connectivity index (χ0) is 19.3. The molecule has 0 radical (unpaired) electrons. The highest BCUT2D eigenvalue weighted by molar-refractivity contribution is 5.94. The lowest BCUT2D eigenvalue weighted by Crippen LogP contribution is -2.28. The topological polar surface area (TPSA) is 137 Å². The molecule has 0 aliphatic rings. The van der Waals surface area contributed by atoms with E-state index < -0.39 is 0 Å². The second kappa shape index (κ2) is 11.2. The molecule has 0 aliphatic heterocycles. The van der Waals surface area contributed by atoms with Gasteiger partial charge in [-0.15, -0.1) is 0 Å². The van der Waals surface area contributed by atoms with Gasteiger partial charge in [0.2, 0.25) is 0 Å². The predicted molar refractivity (Wildman–Crippen MR) is 106 cm³/mol. The Morgan fingerprint density at radius 2 is 1.70 bits per heavy atom. The average Bonchev–Trinajstić information content (AvgIpc) is 2.71. The molecule has 2 rings (SSSR count). The number of nitrogens with two attached hydrogens (primary N) is 1. The smallest absolute Gasteiger partial charge is 0.251 e. The van der Waals surface area contributed by atoms with Crippen molar-refractivity contribution in [3.05, 3.63) is 64.5 Å². The third-order valence-electron chi connectivity index (χ3n) is 3.52. The van der Waals surface area contributed by atoms with Crippen molar-refractivity contribution >= 4 is 17.3 Å². The molecule has 9 nitrogen and oxygen atoms in total. The van der Waals surface area contributed by atoms with Crippen LogP contribution in [-0.4, -0.2) is 32.1 Å². The number of ether oxygens (including phenoxy) is 1. The Kier molecular flexibility index (Phi) is 8.29. The van der Waals surface area contributed by atoms with Gasteiger partial charge >= 0.3 is 0 Å². The normalized spacial score (nSPS) is 9.81. The molecule has 0 heterocycles. The molecule has 27 heavy (non-hydrogen) atoms. The van der Waals surface area contributed by atoms with Crippen LogP contribution in [-0.2, 0) is 0 Å². The lowest BCUT2D eigenvalue weighted by atomic mass is 10.2. The maximum absolute atomic E-state index is 11.8. The largest absolute Gasteiger partial charge is 0.494 e. The fourth-order valence-corrected chi connectivity index (χ4v) is 2.14. The molecule has 0 fully saturated rings. The SMILES string of the molecule is [N-]=[N+]=NCCCOc1ccc(NNc2ccc(C(=O)NCCN)cc2)cc1. The molecule has 0 saturated carbocycles. The number of hydrazine groups is 1. The van der Waals surface area contributed by atoms with E-state index in [4.69, 9.17) is 16.0 Å². The number of rotatable bonds is 11. The molecule has 0 aromatic heterocycles. The van der Waals surface area contributed by atoms with Crippen molar-refractivity contribution in [1.29, 1.82) is 0 Å². The first-order valence-electron chi connectivity index (χ1n) is 8.57. The van der Waals surface area contributed by atoms with Crippen LogP contribution in [0.25, 0.3) is 10.4 Å². The fraction of sp³-hybridized carbons (Fsp3) is 0.278. The van der Waals surface area contributed by atoms with Crippen LogP contribution in [0.4, 0.5) is 11.4 Å². The average molecular weight is 369 g/mol. The summed E-state index contributed by atoms with van der Waals surface area (Å²) in [6.45, 7) is 1.78. The molecular formula is C18H23N7O2. The fourth-order valence-electron chi connectivity index (χ4n) is 2.14. The van der Waals surface area contributed by atoms with E-state index in [-0.39, 0.29) is 5.91 Å². The first kappa shape index (κ1) is 19.9. The number of azide groups is 1. The van der Waals surface area contributed by atoms with Crippen LogP contribution in [0, 0.1) is 0 Å². The van der Waals surface area contributed by atoms with E-state index in [1.165, 1.54) is 0 Å². The highest BCUT2D eigenvalue weighted by atomic mass is 16.5. The van der Waals surface area contributed by atoms with E-state index in [1.54, 1.807) is 12.1 Å². The Labute approximate surface area is 157 Å². The van der Waals surface area contributed by atoms with Crippen molar-refractivity contribution in [2.75, 3.05) is 37.1 Å². The molecule has 9 heteroatoms. The first-order chi connectivity index (χ1) is 13.2. The Morgan fingerprint density at radius 3 is 2.30 bits per heavy atom. The number of benzene rings is 2. The van der Waals surface area contributed by atoms with Crippen LogP contribution in [0.2, 0.25) is 0 Å². The van der Waals surface area contributed by atoms with E-state index in [0.29, 0.717) is 38.2 Å². The van der Waals surface area contributed by atoms with Gasteiger partial charge in [0.05, 0.1) is 18.0 Å². The van der Waals surface area contributed by atoms with Crippen molar-refractivity contribution in [3.63, 3.8) is 0 Å². The number of nitrogens with zero attached hydrogens (tertiary/aromatic N) is 3. The van der Waals surface area contributed by atoms with Crippen molar-refractivity contribution in [1.82, 2.24) is 5.32 Å². The molecule has 1 amide bonds. The van der Waals surface area contributed by atoms with Gasteiger partial charge in [0.15, 0.2) is 0 Å². The van der Waals surface area contributed by atoms with Crippen LogP contribution in [0.1, 0.15) is 16.8 Å². The molecule has 0 spiro atoms. The van der Waals surface area contributed by atoms with Gasteiger partial charge in [0.25, 0.3) is 5.91 Å². The number of anilines is 2. The summed E-state index contributed by atoms with van der Waals surface area (Å²) in [7, 11) is 0. The van der Waals surface area contributed by atoms with E-state index in [2.05, 4.69) is 26.2 Å². The minimum Gasteiger partial charge on any atom is -0.494 e. The summed E-state index contributed by atoms with van der Waals surface area (Å²) in [5.74, 6) is 0.601. The summed E-state index contributed by atoms with van der Waals surface area (Å²) in [5, 5.41) is 6.18. The highest BCUT2D eigenvalue weighted by Crippen LogP contribution is 2.17. The highest BCUT2D eigenvalue weighted by Gasteiger charge is 2.04. The number of nitrogens with one attached hydrogen (secondary N) is 3. The van der Waals surface area contributed by atoms with E-state index in [9.17, 15) is 4.79 Å². The van der Waals surface area contributed by atoms with Gasteiger partial charge in [-0.3, -0.25) is 4.79 Å². The molecule has 0 unspecified atom stereocenters. The Balaban J connectivity index is 1.77. The number of carbonyl (C=O) groups excluding carboxylic acids is 1. The van der Waals surface area contributed by atoms with E-state index >= 15 is 0 Å². The van der Waals surface area contributed by atoms with Crippen molar-refractivity contribution in [3.8, 4) is 5.75 Å². The molecule has 2 aromatic rings. The standard InChI is InChI=1S/C18H23N7O2/c19-10-12-21-18(26)14-2-4-15(5-3-14)23-24-16-6-8-17(9-7-16)27-13-1-11-22-25-20/h2-9,23-24H,1,10-13,19H2,(H,21,26). The van der Waals surface area contributed by atoms with Crippen LogP contribution in [0.3, 0.4) is 0 Å². The Morgan fingerprint density at radius 1 is 1.07 bits per heavy atom. The van der Waals surface area contributed by atoms with Gasteiger partial charge in [-0.1, -0.05) is 5.11 Å². The van der Waals surface area contributed by atoms with Crippen molar-refractivity contribution < 1.29 is 9.53 Å². The number of amides is 1. The Hall–Kier alpha value is -3.42. The van der Waals surface area contributed by atoms with Gasteiger partial charge in [0, 0.05) is 30.1 Å². The minimum absolute atomic E-state index is 0.144. The van der Waals surface area contributed by atoms with Crippen molar-refractivity contribution in [2.24, 2.45) is 10.8 Å². The monoisotopic (exact) mass is 369 g/mol. The number of carbonyl (C=O) groups is 1. The van der Waals surface area contributed by atoms with Crippen LogP contribution in [0.15, 0.2) is 53.6 Å². The molecule has 2 aromatic carbocycles. The third-order valence-corrected chi connectivity index (χ3v) is 3.52. The molecule has 5 N–H and O–H groups in total. The molecule has 0 saturated heterocycles. The summed E-state index contributed by atoms with van der Waals surface area (Å²) in [6.07, 6.45) is 0.672. The summed E-state index contributed by atoms with van der Waals surface area (Å²) in [4.78, 5) is 14.5. The summed E-state index contributed by atoms with van der Waals surface area (Å²) in [5.41, 5.74) is 22.0. The minimum atomic E-state index is -0.144. The predicted octanol–water partition coefficient (Wildman–Crippen LogP) is 2.89. The molecule has 0 aliphatic carbocycles. The first-order valence-corrected chi connectivity index (χ1v) is 8.57. The van der Waals surface area contributed by atoms with Gasteiger partial charge < -0.3 is 26.6 Å². The molecular weight excluding hydrogens is 346 g/mol. The summed E-state index contributed by atoms with van der Waals surface area (Å²) >= 11 is 0. The van der Waals surface area contributed by atoms with E-state index in [0.717, 1.165) is 17.1 Å².